The van der Waals surface area contributed by atoms with E-state index in [0.717, 1.165) is 22.6 Å². The molecule has 1 aromatic heterocycles. The summed E-state index contributed by atoms with van der Waals surface area (Å²) in [4.78, 5) is 4.44. The molecule has 0 unspecified atom stereocenters. The molecule has 0 amide bonds. The number of halogens is 1. The Kier molecular flexibility index (Phi) is 6.86. The Morgan fingerprint density at radius 3 is 2.61 bits per heavy atom. The lowest BCUT2D eigenvalue weighted by Gasteiger charge is -2.11. The van der Waals surface area contributed by atoms with Gasteiger partial charge in [0.1, 0.15) is 0 Å². The van der Waals surface area contributed by atoms with Gasteiger partial charge in [0, 0.05) is 18.1 Å². The lowest BCUT2D eigenvalue weighted by molar-refractivity contribution is 0.354. The van der Waals surface area contributed by atoms with Crippen molar-refractivity contribution in [3.8, 4) is 11.5 Å². The Morgan fingerprint density at radius 1 is 0.964 bits per heavy atom. The number of hydrogen-bond acceptors (Lipinski definition) is 7. The zero-order valence-corrected chi connectivity index (χ0v) is 16.5. The molecule has 0 saturated heterocycles. The van der Waals surface area contributed by atoms with E-state index in [1.165, 1.54) is 0 Å². The first-order chi connectivity index (χ1) is 13.7. The number of nitrogens with one attached hydrogen (secondary N) is 2. The first kappa shape index (κ1) is 19.7. The Bertz CT molecular complexity index is 923. The van der Waals surface area contributed by atoms with Crippen LogP contribution in [0.25, 0.3) is 0 Å². The molecular weight excluding hydrogens is 378 g/mol. The minimum atomic E-state index is 0.447. The van der Waals surface area contributed by atoms with Gasteiger partial charge in [-0.1, -0.05) is 29.8 Å². The van der Waals surface area contributed by atoms with Gasteiger partial charge in [0.15, 0.2) is 17.3 Å². The molecule has 0 atom stereocenters. The molecule has 0 bridgehead atoms. The van der Waals surface area contributed by atoms with Crippen LogP contribution in [0.4, 0.5) is 11.8 Å². The summed E-state index contributed by atoms with van der Waals surface area (Å²) in [5.74, 6) is 2.47. The fourth-order valence-electron chi connectivity index (χ4n) is 2.66. The predicted octanol–water partition coefficient (Wildman–Crippen LogP) is 3.81. The van der Waals surface area contributed by atoms with Gasteiger partial charge in [-0.3, -0.25) is 0 Å². The van der Waals surface area contributed by atoms with Crippen molar-refractivity contribution in [1.29, 1.82) is 0 Å². The van der Waals surface area contributed by atoms with Crippen molar-refractivity contribution in [1.82, 2.24) is 15.2 Å². The monoisotopic (exact) mass is 399 g/mol. The molecule has 0 fully saturated rings. The lowest BCUT2D eigenvalue weighted by atomic mass is 10.1. The second-order valence-corrected chi connectivity index (χ2v) is 6.45. The van der Waals surface area contributed by atoms with Crippen LogP contribution in [-0.4, -0.2) is 35.9 Å². The largest absolute Gasteiger partial charge is 0.493 e. The van der Waals surface area contributed by atoms with Crippen molar-refractivity contribution in [3.05, 3.63) is 64.8 Å². The highest BCUT2D eigenvalue weighted by atomic mass is 35.5. The van der Waals surface area contributed by atoms with Crippen LogP contribution >= 0.6 is 11.6 Å². The molecule has 2 aromatic carbocycles. The summed E-state index contributed by atoms with van der Waals surface area (Å²) in [7, 11) is 3.22. The van der Waals surface area contributed by atoms with E-state index in [0.29, 0.717) is 36.4 Å². The Morgan fingerprint density at radius 2 is 1.82 bits per heavy atom. The zero-order chi connectivity index (χ0) is 19.8. The maximum atomic E-state index is 6.01. The molecule has 7 nitrogen and oxygen atoms in total. The number of methoxy groups -OCH3 is 2. The molecule has 0 aliphatic rings. The summed E-state index contributed by atoms with van der Waals surface area (Å²) in [6.45, 7) is 1.25. The summed E-state index contributed by atoms with van der Waals surface area (Å²) in [6.07, 6.45) is 2.43. The third kappa shape index (κ3) is 5.47. The van der Waals surface area contributed by atoms with Gasteiger partial charge >= 0.3 is 0 Å². The predicted molar refractivity (Wildman–Crippen MR) is 110 cm³/mol. The van der Waals surface area contributed by atoms with Gasteiger partial charge in [-0.25, -0.2) is 0 Å². The maximum Gasteiger partial charge on any atom is 0.244 e. The number of ether oxygens (including phenoxy) is 2. The number of benzene rings is 2. The van der Waals surface area contributed by atoms with Gasteiger partial charge in [0.25, 0.3) is 0 Å². The van der Waals surface area contributed by atoms with Crippen molar-refractivity contribution in [2.45, 2.75) is 13.0 Å². The third-order valence-electron chi connectivity index (χ3n) is 4.07. The SMILES string of the molecule is COc1ccc(CNc2nncc(NCCc3cccc(Cl)c3)n2)cc1OC. The first-order valence-corrected chi connectivity index (χ1v) is 9.18. The van der Waals surface area contributed by atoms with Crippen molar-refractivity contribution in [3.63, 3.8) is 0 Å². The highest BCUT2D eigenvalue weighted by molar-refractivity contribution is 6.30. The number of aromatic nitrogens is 3. The maximum absolute atomic E-state index is 6.01. The summed E-state index contributed by atoms with van der Waals surface area (Å²) in [6, 6.07) is 13.5. The molecule has 1 heterocycles. The quantitative estimate of drug-likeness (QED) is 0.566. The van der Waals surface area contributed by atoms with Gasteiger partial charge in [-0.15, -0.1) is 5.10 Å². The van der Waals surface area contributed by atoms with Crippen molar-refractivity contribution in [2.24, 2.45) is 0 Å². The topological polar surface area (TPSA) is 81.2 Å². The lowest BCUT2D eigenvalue weighted by Crippen LogP contribution is -2.10. The van der Waals surface area contributed by atoms with Crippen LogP contribution in [0, 0.1) is 0 Å². The van der Waals surface area contributed by atoms with Crippen molar-refractivity contribution >= 4 is 23.4 Å². The summed E-state index contributed by atoms with van der Waals surface area (Å²) in [5, 5.41) is 15.2. The van der Waals surface area contributed by atoms with Crippen molar-refractivity contribution < 1.29 is 9.47 Å². The second kappa shape index (κ2) is 9.75. The molecule has 3 aromatic rings. The number of anilines is 2. The highest BCUT2D eigenvalue weighted by Crippen LogP contribution is 2.27. The smallest absolute Gasteiger partial charge is 0.244 e. The van der Waals surface area contributed by atoms with E-state index in [9.17, 15) is 0 Å². The van der Waals surface area contributed by atoms with Crippen LogP contribution in [0.15, 0.2) is 48.7 Å². The molecule has 3 rings (SSSR count). The Hall–Kier alpha value is -3.06. The average molecular weight is 400 g/mol. The average Bonchev–Trinajstić information content (AvgIpc) is 2.72. The van der Waals surface area contributed by atoms with Crippen LogP contribution < -0.4 is 20.1 Å². The minimum absolute atomic E-state index is 0.447. The van der Waals surface area contributed by atoms with Gasteiger partial charge in [-0.05, 0) is 41.8 Å². The molecular formula is C20H22ClN5O2. The van der Waals surface area contributed by atoms with Gasteiger partial charge in [0.2, 0.25) is 5.95 Å². The minimum Gasteiger partial charge on any atom is -0.493 e. The number of nitrogens with zero attached hydrogens (tertiary/aromatic N) is 3. The Balaban J connectivity index is 1.54. The van der Waals surface area contributed by atoms with Gasteiger partial charge < -0.3 is 20.1 Å². The fourth-order valence-corrected chi connectivity index (χ4v) is 2.88. The molecule has 0 aliphatic heterocycles. The third-order valence-corrected chi connectivity index (χ3v) is 4.30. The summed E-state index contributed by atoms with van der Waals surface area (Å²) < 4.78 is 10.6. The van der Waals surface area contributed by atoms with Crippen LogP contribution in [0.2, 0.25) is 5.02 Å². The number of rotatable bonds is 9. The molecule has 0 saturated carbocycles. The highest BCUT2D eigenvalue weighted by Gasteiger charge is 2.06. The zero-order valence-electron chi connectivity index (χ0n) is 15.8. The van der Waals surface area contributed by atoms with E-state index >= 15 is 0 Å². The van der Waals surface area contributed by atoms with E-state index in [-0.39, 0.29) is 0 Å². The standard InChI is InChI=1S/C20H22ClN5O2/c1-27-17-7-6-15(11-18(17)28-2)12-23-20-25-19(13-24-26-20)22-9-8-14-4-3-5-16(21)10-14/h3-7,10-11,13H,8-9,12H2,1-2H3,(H2,22,23,25,26). The molecule has 0 spiro atoms. The summed E-state index contributed by atoms with van der Waals surface area (Å²) >= 11 is 6.01. The Labute approximate surface area is 169 Å². The molecule has 28 heavy (non-hydrogen) atoms. The normalized spacial score (nSPS) is 10.4. The van der Waals surface area contributed by atoms with Gasteiger partial charge in [0.05, 0.1) is 20.4 Å². The molecule has 2 N–H and O–H groups in total. The van der Waals surface area contributed by atoms with E-state index in [1.807, 2.05) is 42.5 Å². The van der Waals surface area contributed by atoms with E-state index in [2.05, 4.69) is 25.8 Å². The molecule has 0 aliphatic carbocycles. The molecule has 146 valence electrons. The van der Waals surface area contributed by atoms with Crippen molar-refractivity contribution in [2.75, 3.05) is 31.4 Å². The summed E-state index contributed by atoms with van der Waals surface area (Å²) in [5.41, 5.74) is 2.18. The first-order valence-electron chi connectivity index (χ1n) is 8.81. The van der Waals surface area contributed by atoms with Crippen LogP contribution in [0.1, 0.15) is 11.1 Å². The van der Waals surface area contributed by atoms with E-state index in [1.54, 1.807) is 20.4 Å². The molecule has 8 heteroatoms. The van der Waals surface area contributed by atoms with E-state index in [4.69, 9.17) is 21.1 Å². The van der Waals surface area contributed by atoms with Gasteiger partial charge in [-0.2, -0.15) is 10.1 Å². The fraction of sp³-hybridized carbons (Fsp3) is 0.250. The second-order valence-electron chi connectivity index (χ2n) is 6.01. The van der Waals surface area contributed by atoms with E-state index < -0.39 is 0 Å². The van der Waals surface area contributed by atoms with Crippen LogP contribution in [0.5, 0.6) is 11.5 Å². The van der Waals surface area contributed by atoms with Crippen LogP contribution in [-0.2, 0) is 13.0 Å². The molecule has 0 radical (unpaired) electrons. The van der Waals surface area contributed by atoms with Crippen LogP contribution in [0.3, 0.4) is 0 Å². The number of hydrogen-bond donors (Lipinski definition) is 2.